The summed E-state index contributed by atoms with van der Waals surface area (Å²) in [4.78, 5) is 2.14. The van der Waals surface area contributed by atoms with Crippen LogP contribution in [0.2, 0.25) is 0 Å². The van der Waals surface area contributed by atoms with E-state index in [0.29, 0.717) is 24.2 Å². The quantitative estimate of drug-likeness (QED) is 0.829. The van der Waals surface area contributed by atoms with Crippen LogP contribution in [0.5, 0.6) is 0 Å². The van der Waals surface area contributed by atoms with Crippen molar-refractivity contribution in [3.63, 3.8) is 0 Å². The van der Waals surface area contributed by atoms with Gasteiger partial charge in [-0.3, -0.25) is 4.90 Å². The van der Waals surface area contributed by atoms with Gasteiger partial charge in [-0.05, 0) is 12.1 Å². The van der Waals surface area contributed by atoms with E-state index in [1.54, 1.807) is 18.5 Å². The highest BCUT2D eigenvalue weighted by atomic mass is 19.1. The summed E-state index contributed by atoms with van der Waals surface area (Å²) in [5, 5.41) is 16.6. The van der Waals surface area contributed by atoms with E-state index in [-0.39, 0.29) is 12.4 Å². The lowest BCUT2D eigenvalue weighted by molar-refractivity contribution is 0.206. The number of halogens is 1. The number of benzene rings is 1. The van der Waals surface area contributed by atoms with E-state index in [2.05, 4.69) is 26.9 Å². The van der Waals surface area contributed by atoms with E-state index in [0.717, 1.165) is 18.9 Å². The molecule has 1 aliphatic rings. The van der Waals surface area contributed by atoms with Gasteiger partial charge in [-0.15, -0.1) is 10.2 Å². The first kappa shape index (κ1) is 13.7. The number of hydrogen-bond donors (Lipinski definition) is 1. The molecule has 2 heterocycles. The number of hydrogen-bond acceptors (Lipinski definition) is 4. The molecule has 3 rings (SSSR count). The molecule has 6 heteroatoms. The van der Waals surface area contributed by atoms with Crippen molar-refractivity contribution in [3.05, 3.63) is 47.3 Å². The van der Waals surface area contributed by atoms with Crippen LogP contribution in [-0.4, -0.2) is 37.9 Å². The predicted molar refractivity (Wildman–Crippen MR) is 74.5 cm³/mol. The van der Waals surface area contributed by atoms with Crippen LogP contribution in [0.3, 0.4) is 0 Å². The topological polar surface area (TPSA) is 54.2 Å². The zero-order valence-electron chi connectivity index (χ0n) is 11.5. The van der Waals surface area contributed by atoms with Crippen molar-refractivity contribution in [2.75, 3.05) is 13.2 Å². The highest BCUT2D eigenvalue weighted by Crippen LogP contribution is 2.16. The highest BCUT2D eigenvalue weighted by Gasteiger charge is 2.18. The van der Waals surface area contributed by atoms with Crippen LogP contribution in [-0.2, 0) is 19.6 Å². The molecule has 0 spiro atoms. The molecule has 1 aliphatic heterocycles. The fourth-order valence-electron chi connectivity index (χ4n) is 2.39. The van der Waals surface area contributed by atoms with E-state index in [1.807, 2.05) is 4.57 Å². The molecule has 108 valence electrons. The molecule has 0 atom stereocenters. The van der Waals surface area contributed by atoms with Gasteiger partial charge in [0.1, 0.15) is 24.6 Å². The van der Waals surface area contributed by atoms with Gasteiger partial charge in [0, 0.05) is 30.8 Å². The van der Waals surface area contributed by atoms with Gasteiger partial charge >= 0.3 is 0 Å². The lowest BCUT2D eigenvalue weighted by Gasteiger charge is -2.26. The summed E-state index contributed by atoms with van der Waals surface area (Å²) in [5.74, 6) is 5.85. The summed E-state index contributed by atoms with van der Waals surface area (Å²) in [5.41, 5.74) is 1.21. The second kappa shape index (κ2) is 6.04. The third-order valence-electron chi connectivity index (χ3n) is 3.48. The summed E-state index contributed by atoms with van der Waals surface area (Å²) in [6.07, 6.45) is 1.72. The van der Waals surface area contributed by atoms with Gasteiger partial charge in [-0.25, -0.2) is 4.39 Å². The largest absolute Gasteiger partial charge is 0.384 e. The molecular formula is C15H15FN4O. The SMILES string of the molecule is OCC#Cc1ccc(CN2CCn3cnnc3C2)c(F)c1. The predicted octanol–water partition coefficient (Wildman–Crippen LogP) is 0.777. The molecule has 1 aromatic carbocycles. The zero-order chi connectivity index (χ0) is 14.7. The van der Waals surface area contributed by atoms with Crippen LogP contribution in [0.1, 0.15) is 17.0 Å². The fraction of sp³-hybridized carbons (Fsp3) is 0.333. The van der Waals surface area contributed by atoms with Crippen molar-refractivity contribution in [2.24, 2.45) is 0 Å². The third-order valence-corrected chi connectivity index (χ3v) is 3.48. The molecule has 21 heavy (non-hydrogen) atoms. The van der Waals surface area contributed by atoms with Crippen molar-refractivity contribution in [1.82, 2.24) is 19.7 Å². The number of aromatic nitrogens is 3. The first-order valence-corrected chi connectivity index (χ1v) is 6.73. The molecule has 0 saturated carbocycles. The molecule has 1 N–H and O–H groups in total. The smallest absolute Gasteiger partial charge is 0.147 e. The average molecular weight is 286 g/mol. The average Bonchev–Trinajstić information content (AvgIpc) is 2.95. The minimum Gasteiger partial charge on any atom is -0.384 e. The first-order valence-electron chi connectivity index (χ1n) is 6.73. The molecular weight excluding hydrogens is 271 g/mol. The van der Waals surface area contributed by atoms with E-state index < -0.39 is 0 Å². The van der Waals surface area contributed by atoms with E-state index >= 15 is 0 Å². The third kappa shape index (κ3) is 3.10. The number of aliphatic hydroxyl groups is 1. The van der Waals surface area contributed by atoms with E-state index in [9.17, 15) is 4.39 Å². The van der Waals surface area contributed by atoms with Crippen LogP contribution < -0.4 is 0 Å². The Bertz CT molecular complexity index is 701. The van der Waals surface area contributed by atoms with Gasteiger partial charge in [-0.1, -0.05) is 17.9 Å². The standard InChI is InChI=1S/C15H15FN4O/c16-14-8-12(2-1-7-21)3-4-13(14)9-19-5-6-20-11-17-18-15(20)10-19/h3-4,8,11,21H,5-7,9-10H2. The Balaban J connectivity index is 1.71. The van der Waals surface area contributed by atoms with Gasteiger partial charge in [-0.2, -0.15) is 0 Å². The number of aliphatic hydroxyl groups excluding tert-OH is 1. The van der Waals surface area contributed by atoms with Gasteiger partial charge < -0.3 is 9.67 Å². The lowest BCUT2D eigenvalue weighted by Crippen LogP contribution is -2.33. The van der Waals surface area contributed by atoms with Crippen molar-refractivity contribution < 1.29 is 9.50 Å². The Hall–Kier alpha value is -2.23. The van der Waals surface area contributed by atoms with Crippen LogP contribution in [0.15, 0.2) is 24.5 Å². The minimum absolute atomic E-state index is 0.224. The van der Waals surface area contributed by atoms with E-state index in [4.69, 9.17) is 5.11 Å². The lowest BCUT2D eigenvalue weighted by atomic mass is 10.1. The summed E-state index contributed by atoms with van der Waals surface area (Å²) >= 11 is 0. The summed E-state index contributed by atoms with van der Waals surface area (Å²) in [6, 6.07) is 4.92. The maximum absolute atomic E-state index is 14.1. The van der Waals surface area contributed by atoms with Crippen molar-refractivity contribution in [1.29, 1.82) is 0 Å². The number of nitrogens with zero attached hydrogens (tertiary/aromatic N) is 4. The monoisotopic (exact) mass is 286 g/mol. The summed E-state index contributed by atoms with van der Waals surface area (Å²) in [7, 11) is 0. The molecule has 2 aromatic rings. The highest BCUT2D eigenvalue weighted by molar-refractivity contribution is 5.37. The van der Waals surface area contributed by atoms with Crippen LogP contribution >= 0.6 is 0 Å². The second-order valence-corrected chi connectivity index (χ2v) is 4.92. The first-order chi connectivity index (χ1) is 10.3. The molecule has 5 nitrogen and oxygen atoms in total. The van der Waals surface area contributed by atoms with Crippen LogP contribution in [0.25, 0.3) is 0 Å². The maximum atomic E-state index is 14.1. The Morgan fingerprint density at radius 3 is 3.05 bits per heavy atom. The van der Waals surface area contributed by atoms with Gasteiger partial charge in [0.15, 0.2) is 0 Å². The fourth-order valence-corrected chi connectivity index (χ4v) is 2.39. The Morgan fingerprint density at radius 1 is 1.33 bits per heavy atom. The molecule has 0 aliphatic carbocycles. The zero-order valence-corrected chi connectivity index (χ0v) is 11.5. The Kier molecular flexibility index (Phi) is 3.95. The van der Waals surface area contributed by atoms with Crippen LogP contribution in [0.4, 0.5) is 4.39 Å². The second-order valence-electron chi connectivity index (χ2n) is 4.92. The molecule has 0 amide bonds. The summed E-state index contributed by atoms with van der Waals surface area (Å²) < 4.78 is 16.1. The van der Waals surface area contributed by atoms with Gasteiger partial charge in [0.05, 0.1) is 6.54 Å². The maximum Gasteiger partial charge on any atom is 0.147 e. The van der Waals surface area contributed by atoms with Gasteiger partial charge in [0.25, 0.3) is 0 Å². The normalized spacial score (nSPS) is 14.4. The van der Waals surface area contributed by atoms with Crippen molar-refractivity contribution >= 4 is 0 Å². The summed E-state index contributed by atoms with van der Waals surface area (Å²) in [6.45, 7) is 2.65. The molecule has 0 radical (unpaired) electrons. The number of fused-ring (bicyclic) bond motifs is 1. The van der Waals surface area contributed by atoms with Crippen molar-refractivity contribution in [2.45, 2.75) is 19.6 Å². The van der Waals surface area contributed by atoms with Crippen molar-refractivity contribution in [3.8, 4) is 11.8 Å². The molecule has 0 fully saturated rings. The Labute approximate surface area is 122 Å². The molecule has 0 bridgehead atoms. The minimum atomic E-state index is -0.271. The Morgan fingerprint density at radius 2 is 2.24 bits per heavy atom. The van der Waals surface area contributed by atoms with E-state index in [1.165, 1.54) is 6.07 Å². The van der Waals surface area contributed by atoms with Crippen LogP contribution in [0, 0.1) is 17.7 Å². The number of rotatable bonds is 2. The molecule has 0 unspecified atom stereocenters. The molecule has 0 saturated heterocycles. The molecule has 1 aromatic heterocycles. The van der Waals surface area contributed by atoms with Gasteiger partial charge in [0.2, 0.25) is 0 Å².